The first-order valence-electron chi connectivity index (χ1n) is 4.02. The molecule has 4 N–H and O–H groups in total. The number of nitrogens with one attached hydrogen (secondary N) is 2. The quantitative estimate of drug-likeness (QED) is 0.355. The van der Waals surface area contributed by atoms with Crippen molar-refractivity contribution < 1.29 is 4.79 Å². The number of amides is 2. The minimum absolute atomic E-state index is 0.374. The summed E-state index contributed by atoms with van der Waals surface area (Å²) >= 11 is 0. The lowest BCUT2D eigenvalue weighted by molar-refractivity contribution is 0.241. The molecule has 4 heteroatoms. The lowest BCUT2D eigenvalue weighted by Gasteiger charge is -2.04. The van der Waals surface area contributed by atoms with Gasteiger partial charge >= 0.3 is 6.03 Å². The minimum Gasteiger partial charge on any atom is -0.333 e. The zero-order valence-electron chi connectivity index (χ0n) is 7.50. The molecule has 0 aromatic heterocycles. The number of rotatable bonds is 2. The van der Waals surface area contributed by atoms with Gasteiger partial charge in [0.1, 0.15) is 0 Å². The standard InChI is InChI=1S/C9H13N3O/c1-7-3-2-4-8(5-7)6-11-9(13)12-10/h2-5H,6,10H2,1H3,(H2,11,12,13). The minimum atomic E-state index is -0.374. The molecule has 0 saturated heterocycles. The van der Waals surface area contributed by atoms with Gasteiger partial charge in [-0.15, -0.1) is 0 Å². The molecule has 4 nitrogen and oxygen atoms in total. The van der Waals surface area contributed by atoms with E-state index >= 15 is 0 Å². The predicted octanol–water partition coefficient (Wildman–Crippen LogP) is 0.668. The van der Waals surface area contributed by atoms with E-state index in [2.05, 4.69) is 5.32 Å². The Labute approximate surface area is 77.1 Å². The highest BCUT2D eigenvalue weighted by Gasteiger charge is 1.96. The molecular weight excluding hydrogens is 166 g/mol. The number of carbonyl (C=O) groups excluding carboxylic acids is 1. The summed E-state index contributed by atoms with van der Waals surface area (Å²) in [5.74, 6) is 4.90. The van der Waals surface area contributed by atoms with Crippen LogP contribution in [0.2, 0.25) is 0 Å². The van der Waals surface area contributed by atoms with E-state index < -0.39 is 0 Å². The predicted molar refractivity (Wildman–Crippen MR) is 50.7 cm³/mol. The summed E-state index contributed by atoms with van der Waals surface area (Å²) in [5.41, 5.74) is 4.23. The second kappa shape index (κ2) is 4.47. The van der Waals surface area contributed by atoms with E-state index in [9.17, 15) is 4.79 Å². The van der Waals surface area contributed by atoms with Crippen molar-refractivity contribution in [1.82, 2.24) is 10.7 Å². The molecule has 13 heavy (non-hydrogen) atoms. The molecule has 0 heterocycles. The molecule has 2 amide bonds. The lowest BCUT2D eigenvalue weighted by Crippen LogP contribution is -2.39. The summed E-state index contributed by atoms with van der Waals surface area (Å²) in [7, 11) is 0. The van der Waals surface area contributed by atoms with Crippen molar-refractivity contribution in [2.75, 3.05) is 0 Å². The average Bonchev–Trinajstić information content (AvgIpc) is 2.14. The van der Waals surface area contributed by atoms with Gasteiger partial charge in [0, 0.05) is 6.54 Å². The second-order valence-corrected chi connectivity index (χ2v) is 2.82. The van der Waals surface area contributed by atoms with Crippen molar-refractivity contribution in [1.29, 1.82) is 0 Å². The molecule has 0 unspecified atom stereocenters. The Bertz CT molecular complexity index is 299. The Morgan fingerprint density at radius 3 is 2.92 bits per heavy atom. The summed E-state index contributed by atoms with van der Waals surface area (Å²) < 4.78 is 0. The molecule has 1 aromatic rings. The van der Waals surface area contributed by atoms with Gasteiger partial charge in [-0.2, -0.15) is 0 Å². The van der Waals surface area contributed by atoms with Crippen molar-refractivity contribution in [2.45, 2.75) is 13.5 Å². The molecule has 0 saturated carbocycles. The van der Waals surface area contributed by atoms with Gasteiger partial charge in [-0.05, 0) is 12.5 Å². The highest BCUT2D eigenvalue weighted by Crippen LogP contribution is 2.02. The van der Waals surface area contributed by atoms with Crippen molar-refractivity contribution in [2.24, 2.45) is 5.84 Å². The molecule has 0 aliphatic heterocycles. The highest BCUT2D eigenvalue weighted by molar-refractivity contribution is 5.72. The zero-order chi connectivity index (χ0) is 9.68. The van der Waals surface area contributed by atoms with Crippen LogP contribution in [-0.2, 0) is 6.54 Å². The smallest absolute Gasteiger partial charge is 0.329 e. The maximum Gasteiger partial charge on any atom is 0.329 e. The SMILES string of the molecule is Cc1cccc(CNC(=O)NN)c1. The van der Waals surface area contributed by atoms with Crippen LogP contribution in [-0.4, -0.2) is 6.03 Å². The van der Waals surface area contributed by atoms with Crippen LogP contribution in [0.4, 0.5) is 4.79 Å². The summed E-state index contributed by atoms with van der Waals surface area (Å²) in [5, 5.41) is 2.60. The number of hydrogen-bond acceptors (Lipinski definition) is 2. The first-order valence-corrected chi connectivity index (χ1v) is 4.02. The fourth-order valence-electron chi connectivity index (χ4n) is 1.06. The first kappa shape index (κ1) is 9.54. The van der Waals surface area contributed by atoms with Gasteiger partial charge in [-0.3, -0.25) is 5.43 Å². The number of carbonyl (C=O) groups is 1. The first-order chi connectivity index (χ1) is 6.22. The third-order valence-corrected chi connectivity index (χ3v) is 1.67. The number of aryl methyl sites for hydroxylation is 1. The number of hydrazine groups is 1. The highest BCUT2D eigenvalue weighted by atomic mass is 16.2. The monoisotopic (exact) mass is 179 g/mol. The maximum atomic E-state index is 10.7. The Balaban J connectivity index is 2.50. The van der Waals surface area contributed by atoms with E-state index in [1.54, 1.807) is 0 Å². The maximum absolute atomic E-state index is 10.7. The zero-order valence-corrected chi connectivity index (χ0v) is 7.50. The average molecular weight is 179 g/mol. The van der Waals surface area contributed by atoms with E-state index in [1.165, 1.54) is 5.56 Å². The van der Waals surface area contributed by atoms with Gasteiger partial charge in [0.25, 0.3) is 0 Å². The van der Waals surface area contributed by atoms with Gasteiger partial charge < -0.3 is 5.32 Å². The Morgan fingerprint density at radius 2 is 2.31 bits per heavy atom. The number of nitrogens with two attached hydrogens (primary N) is 1. The van der Waals surface area contributed by atoms with Gasteiger partial charge in [-0.25, -0.2) is 10.6 Å². The van der Waals surface area contributed by atoms with Crippen molar-refractivity contribution in [3.8, 4) is 0 Å². The van der Waals surface area contributed by atoms with E-state index in [-0.39, 0.29) is 6.03 Å². The molecule has 1 rings (SSSR count). The van der Waals surface area contributed by atoms with E-state index in [0.29, 0.717) is 6.54 Å². The van der Waals surface area contributed by atoms with Crippen LogP contribution < -0.4 is 16.6 Å². The third kappa shape index (κ3) is 3.13. The number of benzene rings is 1. The van der Waals surface area contributed by atoms with Crippen LogP contribution in [0, 0.1) is 6.92 Å². The van der Waals surface area contributed by atoms with Gasteiger partial charge in [0.2, 0.25) is 0 Å². The van der Waals surface area contributed by atoms with Gasteiger partial charge in [0.15, 0.2) is 0 Å². The summed E-state index contributed by atoms with van der Waals surface area (Å²) in [6, 6.07) is 7.54. The van der Waals surface area contributed by atoms with Crippen LogP contribution in [0.5, 0.6) is 0 Å². The van der Waals surface area contributed by atoms with Crippen molar-refractivity contribution in [3.63, 3.8) is 0 Å². The molecular formula is C9H13N3O. The van der Waals surface area contributed by atoms with Gasteiger partial charge in [0.05, 0.1) is 0 Å². The van der Waals surface area contributed by atoms with Crippen LogP contribution in [0.1, 0.15) is 11.1 Å². The molecule has 70 valence electrons. The molecule has 0 atom stereocenters. The summed E-state index contributed by atoms with van der Waals surface area (Å²) in [6.45, 7) is 2.50. The van der Waals surface area contributed by atoms with Crippen molar-refractivity contribution in [3.05, 3.63) is 35.4 Å². The molecule has 0 aliphatic carbocycles. The van der Waals surface area contributed by atoms with Crippen molar-refractivity contribution >= 4 is 6.03 Å². The molecule has 1 aromatic carbocycles. The molecule has 0 aliphatic rings. The summed E-state index contributed by atoms with van der Waals surface area (Å²) in [4.78, 5) is 10.7. The molecule has 0 fully saturated rings. The molecule has 0 radical (unpaired) electrons. The normalized spacial score (nSPS) is 9.38. The fourth-order valence-corrected chi connectivity index (χ4v) is 1.06. The summed E-state index contributed by atoms with van der Waals surface area (Å²) in [6.07, 6.45) is 0. The number of hydrogen-bond donors (Lipinski definition) is 3. The van der Waals surface area contributed by atoms with E-state index in [1.807, 2.05) is 36.6 Å². The largest absolute Gasteiger partial charge is 0.333 e. The Kier molecular flexibility index (Phi) is 3.28. The second-order valence-electron chi connectivity index (χ2n) is 2.82. The topological polar surface area (TPSA) is 67.2 Å². The van der Waals surface area contributed by atoms with Gasteiger partial charge in [-0.1, -0.05) is 29.8 Å². The number of urea groups is 1. The van der Waals surface area contributed by atoms with E-state index in [0.717, 1.165) is 5.56 Å². The molecule has 0 bridgehead atoms. The van der Waals surface area contributed by atoms with Crippen LogP contribution >= 0.6 is 0 Å². The van der Waals surface area contributed by atoms with Crippen LogP contribution in [0.25, 0.3) is 0 Å². The molecule has 0 spiro atoms. The fraction of sp³-hybridized carbons (Fsp3) is 0.222. The lowest BCUT2D eigenvalue weighted by atomic mass is 10.1. The Morgan fingerprint density at radius 1 is 1.54 bits per heavy atom. The van der Waals surface area contributed by atoms with Crippen LogP contribution in [0.3, 0.4) is 0 Å². The third-order valence-electron chi connectivity index (χ3n) is 1.67. The van der Waals surface area contributed by atoms with Crippen LogP contribution in [0.15, 0.2) is 24.3 Å². The Hall–Kier alpha value is -1.55. The van der Waals surface area contributed by atoms with E-state index in [4.69, 9.17) is 5.84 Å².